The van der Waals surface area contributed by atoms with Gasteiger partial charge in [-0.25, -0.2) is 0 Å². The van der Waals surface area contributed by atoms with Gasteiger partial charge in [0.1, 0.15) is 0 Å². The predicted octanol–water partition coefficient (Wildman–Crippen LogP) is 3.28. The third-order valence-electron chi connectivity index (χ3n) is 1.52. The molecule has 0 aromatic heterocycles. The van der Waals surface area contributed by atoms with Crippen molar-refractivity contribution in [3.63, 3.8) is 0 Å². The molecule has 0 aliphatic rings. The summed E-state index contributed by atoms with van der Waals surface area (Å²) in [5.74, 6) is 0. The number of benzene rings is 1. The minimum Gasteiger partial charge on any atom is -0.385 e. The first kappa shape index (κ1) is 9.58. The van der Waals surface area contributed by atoms with Crippen molar-refractivity contribution < 1.29 is 0 Å². The molecule has 0 saturated heterocycles. The highest BCUT2D eigenvalue weighted by Gasteiger charge is 1.89. The zero-order valence-electron chi connectivity index (χ0n) is 6.89. The van der Waals surface area contributed by atoms with Gasteiger partial charge in [-0.3, -0.25) is 0 Å². The molecule has 1 N–H and O–H groups in total. The van der Waals surface area contributed by atoms with Crippen molar-refractivity contribution in [3.8, 4) is 0 Å². The van der Waals surface area contributed by atoms with Gasteiger partial charge >= 0.3 is 0 Å². The largest absolute Gasteiger partial charge is 0.385 e. The lowest BCUT2D eigenvalue weighted by Gasteiger charge is -2.03. The first-order chi connectivity index (χ1) is 5.83. The van der Waals surface area contributed by atoms with E-state index in [2.05, 4.69) is 58.8 Å². The summed E-state index contributed by atoms with van der Waals surface area (Å²) in [5, 5.41) is 3.30. The Kier molecular flexibility index (Phi) is 4.14. The van der Waals surface area contributed by atoms with Crippen LogP contribution >= 0.6 is 22.6 Å². The van der Waals surface area contributed by atoms with E-state index in [1.165, 1.54) is 9.26 Å². The summed E-state index contributed by atoms with van der Waals surface area (Å²) in [4.78, 5) is 0. The van der Waals surface area contributed by atoms with Crippen LogP contribution in [0.15, 0.2) is 36.9 Å². The highest BCUT2D eigenvalue weighted by molar-refractivity contribution is 14.1. The highest BCUT2D eigenvalue weighted by atomic mass is 127. The molecule has 1 rings (SSSR count). The lowest BCUT2D eigenvalue weighted by atomic mass is 10.3. The Morgan fingerprint density at radius 1 is 1.33 bits per heavy atom. The van der Waals surface area contributed by atoms with Crippen LogP contribution in [0.2, 0.25) is 0 Å². The van der Waals surface area contributed by atoms with E-state index in [0.717, 1.165) is 13.0 Å². The van der Waals surface area contributed by atoms with Gasteiger partial charge in [0, 0.05) is 15.8 Å². The van der Waals surface area contributed by atoms with E-state index in [-0.39, 0.29) is 0 Å². The number of nitrogens with one attached hydrogen (secondary N) is 1. The second kappa shape index (κ2) is 5.19. The average molecular weight is 273 g/mol. The molecule has 1 nitrogen and oxygen atoms in total. The van der Waals surface area contributed by atoms with Gasteiger partial charge in [-0.05, 0) is 53.3 Å². The molecule has 0 spiro atoms. The summed E-state index contributed by atoms with van der Waals surface area (Å²) >= 11 is 2.30. The Bertz CT molecular complexity index is 241. The first-order valence-corrected chi connectivity index (χ1v) is 5.01. The van der Waals surface area contributed by atoms with Gasteiger partial charge in [0.2, 0.25) is 0 Å². The fraction of sp³-hybridized carbons (Fsp3) is 0.200. The van der Waals surface area contributed by atoms with Crippen molar-refractivity contribution in [1.82, 2.24) is 0 Å². The Hall–Kier alpha value is -0.510. The van der Waals surface area contributed by atoms with Gasteiger partial charge < -0.3 is 5.32 Å². The Balaban J connectivity index is 2.42. The van der Waals surface area contributed by atoms with Crippen LogP contribution in [-0.2, 0) is 0 Å². The molecule has 0 atom stereocenters. The van der Waals surface area contributed by atoms with E-state index < -0.39 is 0 Å². The van der Waals surface area contributed by atoms with Crippen LogP contribution in [0.3, 0.4) is 0 Å². The van der Waals surface area contributed by atoms with Crippen molar-refractivity contribution in [2.75, 3.05) is 11.9 Å². The second-order valence-corrected chi connectivity index (χ2v) is 3.76. The third-order valence-corrected chi connectivity index (χ3v) is 2.24. The fourth-order valence-electron chi connectivity index (χ4n) is 0.886. The molecular weight excluding hydrogens is 261 g/mol. The SMILES string of the molecule is C=CCCNc1ccc(I)cc1. The molecule has 1 aromatic carbocycles. The van der Waals surface area contributed by atoms with Gasteiger partial charge in [-0.1, -0.05) is 6.08 Å². The van der Waals surface area contributed by atoms with E-state index in [1.54, 1.807) is 0 Å². The van der Waals surface area contributed by atoms with Gasteiger partial charge in [-0.15, -0.1) is 6.58 Å². The van der Waals surface area contributed by atoms with E-state index in [4.69, 9.17) is 0 Å². The summed E-state index contributed by atoms with van der Waals surface area (Å²) in [6.07, 6.45) is 2.92. The number of hydrogen-bond acceptors (Lipinski definition) is 1. The Morgan fingerprint density at radius 2 is 2.00 bits per heavy atom. The van der Waals surface area contributed by atoms with Crippen LogP contribution < -0.4 is 5.32 Å². The molecule has 0 radical (unpaired) electrons. The third kappa shape index (κ3) is 3.26. The highest BCUT2D eigenvalue weighted by Crippen LogP contribution is 2.10. The van der Waals surface area contributed by atoms with Crippen molar-refractivity contribution in [2.45, 2.75) is 6.42 Å². The van der Waals surface area contributed by atoms with Crippen LogP contribution in [0, 0.1) is 3.57 Å². The summed E-state index contributed by atoms with van der Waals surface area (Å²) in [6.45, 7) is 4.63. The lowest BCUT2D eigenvalue weighted by molar-refractivity contribution is 1.07. The molecule has 1 aromatic rings. The van der Waals surface area contributed by atoms with Crippen LogP contribution in [0.4, 0.5) is 5.69 Å². The Morgan fingerprint density at radius 3 is 2.58 bits per heavy atom. The molecule has 12 heavy (non-hydrogen) atoms. The first-order valence-electron chi connectivity index (χ1n) is 3.93. The molecule has 0 unspecified atom stereocenters. The molecule has 0 saturated carbocycles. The van der Waals surface area contributed by atoms with E-state index in [1.807, 2.05) is 6.08 Å². The molecule has 2 heteroatoms. The summed E-state index contributed by atoms with van der Waals surface area (Å²) < 4.78 is 1.27. The van der Waals surface area contributed by atoms with Crippen molar-refractivity contribution in [2.24, 2.45) is 0 Å². The molecule has 0 heterocycles. The van der Waals surface area contributed by atoms with E-state index in [9.17, 15) is 0 Å². The monoisotopic (exact) mass is 273 g/mol. The maximum Gasteiger partial charge on any atom is 0.0340 e. The van der Waals surface area contributed by atoms with Gasteiger partial charge in [-0.2, -0.15) is 0 Å². The molecule has 64 valence electrons. The van der Waals surface area contributed by atoms with Crippen LogP contribution in [0.5, 0.6) is 0 Å². The van der Waals surface area contributed by atoms with E-state index >= 15 is 0 Å². The summed E-state index contributed by atoms with van der Waals surface area (Å²) in [5.41, 5.74) is 1.18. The number of rotatable bonds is 4. The van der Waals surface area contributed by atoms with Crippen LogP contribution in [0.1, 0.15) is 6.42 Å². The standard InChI is InChI=1S/C10H12IN/c1-2-3-8-12-10-6-4-9(11)5-7-10/h2,4-7,12H,1,3,8H2. The predicted molar refractivity (Wildman–Crippen MR) is 62.5 cm³/mol. The topological polar surface area (TPSA) is 12.0 Å². The van der Waals surface area contributed by atoms with Crippen molar-refractivity contribution in [1.29, 1.82) is 0 Å². The quantitative estimate of drug-likeness (QED) is 0.504. The lowest BCUT2D eigenvalue weighted by Crippen LogP contribution is -1.99. The fourth-order valence-corrected chi connectivity index (χ4v) is 1.25. The smallest absolute Gasteiger partial charge is 0.0340 e. The van der Waals surface area contributed by atoms with E-state index in [0.29, 0.717) is 0 Å². The van der Waals surface area contributed by atoms with Crippen LogP contribution in [0.25, 0.3) is 0 Å². The van der Waals surface area contributed by atoms with Crippen LogP contribution in [-0.4, -0.2) is 6.54 Å². The summed E-state index contributed by atoms with van der Waals surface area (Å²) in [7, 11) is 0. The van der Waals surface area contributed by atoms with Gasteiger partial charge in [0.25, 0.3) is 0 Å². The van der Waals surface area contributed by atoms with Crippen molar-refractivity contribution in [3.05, 3.63) is 40.5 Å². The molecule has 0 bridgehead atoms. The van der Waals surface area contributed by atoms with Gasteiger partial charge in [0.15, 0.2) is 0 Å². The molecule has 0 aliphatic heterocycles. The number of anilines is 1. The average Bonchev–Trinajstić information content (AvgIpc) is 2.09. The minimum absolute atomic E-state index is 0.962. The normalized spacial score (nSPS) is 9.42. The molecule has 0 aliphatic carbocycles. The minimum atomic E-state index is 0.962. The zero-order valence-corrected chi connectivity index (χ0v) is 9.04. The zero-order chi connectivity index (χ0) is 8.81. The second-order valence-electron chi connectivity index (χ2n) is 2.51. The molecular formula is C10H12IN. The number of halogens is 1. The van der Waals surface area contributed by atoms with Crippen molar-refractivity contribution >= 4 is 28.3 Å². The summed E-state index contributed by atoms with van der Waals surface area (Å²) in [6, 6.07) is 8.36. The molecule has 0 fully saturated rings. The Labute approximate surface area is 87.0 Å². The number of hydrogen-bond donors (Lipinski definition) is 1. The molecule has 0 amide bonds. The maximum absolute atomic E-state index is 3.66. The maximum atomic E-state index is 3.66. The van der Waals surface area contributed by atoms with Gasteiger partial charge in [0.05, 0.1) is 0 Å².